The highest BCUT2D eigenvalue weighted by Crippen LogP contribution is 2.15. The van der Waals surface area contributed by atoms with Crippen LogP contribution in [0.2, 0.25) is 0 Å². The summed E-state index contributed by atoms with van der Waals surface area (Å²) < 4.78 is 0. The number of rotatable bonds is 6. The molecule has 0 aromatic heterocycles. The Hall–Kier alpha value is -0.860. The quantitative estimate of drug-likeness (QED) is 0.798. The van der Waals surface area contributed by atoms with Crippen molar-refractivity contribution in [1.82, 2.24) is 4.90 Å². The summed E-state index contributed by atoms with van der Waals surface area (Å²) >= 11 is 0. The zero-order chi connectivity index (χ0) is 12.0. The minimum Gasteiger partial charge on any atom is -0.387 e. The lowest BCUT2D eigenvalue weighted by atomic mass is 10.1. The minimum absolute atomic E-state index is 0.369. The Morgan fingerprint density at radius 3 is 2.62 bits per heavy atom. The van der Waals surface area contributed by atoms with Crippen LogP contribution in [0.15, 0.2) is 24.3 Å². The third-order valence-electron chi connectivity index (χ3n) is 2.85. The maximum atomic E-state index is 10.1. The number of hydrogen-bond donors (Lipinski definition) is 1. The molecule has 0 aliphatic heterocycles. The molecule has 0 fully saturated rings. The smallest absolute Gasteiger partial charge is 0.0917 e. The molecular formula is C14H23NO. The molecule has 2 heteroatoms. The Labute approximate surface area is 98.9 Å². The molecule has 1 aromatic carbocycles. The van der Waals surface area contributed by atoms with Gasteiger partial charge in [-0.3, -0.25) is 0 Å². The summed E-state index contributed by atoms with van der Waals surface area (Å²) in [5.41, 5.74) is 2.23. The van der Waals surface area contributed by atoms with E-state index in [2.05, 4.69) is 37.8 Å². The molecule has 0 radical (unpaired) electrons. The summed E-state index contributed by atoms with van der Waals surface area (Å²) in [5.74, 6) is 0. The van der Waals surface area contributed by atoms with Crippen molar-refractivity contribution < 1.29 is 5.11 Å². The standard InChI is InChI=1S/C14H23NO/c1-4-9-15(5-2)11-14(16)13-8-6-7-12(3)10-13/h6-8,10,14,16H,4-5,9,11H2,1-3H3. The number of aliphatic hydroxyl groups is 1. The van der Waals surface area contributed by atoms with Crippen LogP contribution in [0.3, 0.4) is 0 Å². The Bertz CT molecular complexity index is 311. The fourth-order valence-electron chi connectivity index (χ4n) is 1.92. The van der Waals surface area contributed by atoms with Crippen LogP contribution in [0, 0.1) is 6.92 Å². The first kappa shape index (κ1) is 13.2. The van der Waals surface area contributed by atoms with E-state index in [4.69, 9.17) is 0 Å². The molecule has 1 rings (SSSR count). The van der Waals surface area contributed by atoms with Crippen LogP contribution >= 0.6 is 0 Å². The van der Waals surface area contributed by atoms with Crippen LogP contribution in [-0.4, -0.2) is 29.6 Å². The molecule has 0 amide bonds. The third kappa shape index (κ3) is 3.95. The van der Waals surface area contributed by atoms with Gasteiger partial charge >= 0.3 is 0 Å². The van der Waals surface area contributed by atoms with Crippen LogP contribution in [-0.2, 0) is 0 Å². The molecule has 0 aliphatic carbocycles. The van der Waals surface area contributed by atoms with Crippen LogP contribution < -0.4 is 0 Å². The van der Waals surface area contributed by atoms with Gasteiger partial charge in [0.1, 0.15) is 0 Å². The molecule has 90 valence electrons. The van der Waals surface area contributed by atoms with E-state index in [1.807, 2.05) is 12.1 Å². The van der Waals surface area contributed by atoms with Gasteiger partial charge < -0.3 is 10.0 Å². The average Bonchev–Trinajstić information content (AvgIpc) is 2.28. The van der Waals surface area contributed by atoms with Gasteiger partial charge in [0.2, 0.25) is 0 Å². The maximum absolute atomic E-state index is 10.1. The maximum Gasteiger partial charge on any atom is 0.0917 e. The largest absolute Gasteiger partial charge is 0.387 e. The van der Waals surface area contributed by atoms with Gasteiger partial charge in [-0.2, -0.15) is 0 Å². The fraction of sp³-hybridized carbons (Fsp3) is 0.571. The van der Waals surface area contributed by atoms with Crippen molar-refractivity contribution in [3.8, 4) is 0 Å². The molecular weight excluding hydrogens is 198 g/mol. The summed E-state index contributed by atoms with van der Waals surface area (Å²) in [4.78, 5) is 2.28. The highest BCUT2D eigenvalue weighted by molar-refractivity contribution is 5.24. The summed E-state index contributed by atoms with van der Waals surface area (Å²) in [6.45, 7) is 9.14. The second-order valence-corrected chi connectivity index (χ2v) is 4.32. The number of hydrogen-bond acceptors (Lipinski definition) is 2. The Balaban J connectivity index is 2.60. The normalized spacial score (nSPS) is 13.1. The van der Waals surface area contributed by atoms with Gasteiger partial charge in [-0.25, -0.2) is 0 Å². The van der Waals surface area contributed by atoms with Crippen LogP contribution in [0.25, 0.3) is 0 Å². The Morgan fingerprint density at radius 2 is 2.06 bits per heavy atom. The molecule has 0 bridgehead atoms. The topological polar surface area (TPSA) is 23.5 Å². The zero-order valence-corrected chi connectivity index (χ0v) is 10.6. The molecule has 0 saturated carbocycles. The number of aliphatic hydroxyl groups excluding tert-OH is 1. The van der Waals surface area contributed by atoms with Crippen molar-refractivity contribution in [2.45, 2.75) is 33.3 Å². The Kier molecular flexibility index (Phi) is 5.50. The lowest BCUT2D eigenvalue weighted by Crippen LogP contribution is -2.29. The molecule has 1 N–H and O–H groups in total. The highest BCUT2D eigenvalue weighted by Gasteiger charge is 2.11. The van der Waals surface area contributed by atoms with E-state index >= 15 is 0 Å². The molecule has 1 atom stereocenters. The first-order valence-electron chi connectivity index (χ1n) is 6.14. The Morgan fingerprint density at radius 1 is 1.31 bits per heavy atom. The number of nitrogens with zero attached hydrogens (tertiary/aromatic N) is 1. The van der Waals surface area contributed by atoms with Gasteiger partial charge in [0.15, 0.2) is 0 Å². The van der Waals surface area contributed by atoms with E-state index in [0.717, 1.165) is 31.6 Å². The van der Waals surface area contributed by atoms with Crippen molar-refractivity contribution in [1.29, 1.82) is 0 Å². The molecule has 1 unspecified atom stereocenters. The molecule has 0 saturated heterocycles. The predicted molar refractivity (Wildman–Crippen MR) is 68.5 cm³/mol. The zero-order valence-electron chi connectivity index (χ0n) is 10.6. The predicted octanol–water partition coefficient (Wildman–Crippen LogP) is 2.76. The molecule has 0 aliphatic rings. The summed E-state index contributed by atoms with van der Waals surface area (Å²) in [6.07, 6.45) is 0.764. The van der Waals surface area contributed by atoms with Gasteiger partial charge in [-0.1, -0.05) is 43.7 Å². The summed E-state index contributed by atoms with van der Waals surface area (Å²) in [6, 6.07) is 8.12. The van der Waals surface area contributed by atoms with Crippen molar-refractivity contribution >= 4 is 0 Å². The van der Waals surface area contributed by atoms with Crippen LogP contribution in [0.4, 0.5) is 0 Å². The minimum atomic E-state index is -0.369. The molecule has 1 aromatic rings. The van der Waals surface area contributed by atoms with E-state index < -0.39 is 0 Å². The number of aryl methyl sites for hydroxylation is 1. The number of likely N-dealkylation sites (N-methyl/N-ethyl adjacent to an activating group) is 1. The second kappa shape index (κ2) is 6.66. The molecule has 0 heterocycles. The number of benzene rings is 1. The van der Waals surface area contributed by atoms with E-state index in [9.17, 15) is 5.11 Å². The van der Waals surface area contributed by atoms with Crippen molar-refractivity contribution in [2.75, 3.05) is 19.6 Å². The van der Waals surface area contributed by atoms with E-state index in [0.29, 0.717) is 0 Å². The van der Waals surface area contributed by atoms with E-state index in [-0.39, 0.29) is 6.10 Å². The summed E-state index contributed by atoms with van der Waals surface area (Å²) in [7, 11) is 0. The van der Waals surface area contributed by atoms with Crippen molar-refractivity contribution in [2.24, 2.45) is 0 Å². The van der Waals surface area contributed by atoms with Gasteiger partial charge in [0.05, 0.1) is 6.10 Å². The van der Waals surface area contributed by atoms with Crippen molar-refractivity contribution in [3.63, 3.8) is 0 Å². The van der Waals surface area contributed by atoms with E-state index in [1.165, 1.54) is 5.56 Å². The lowest BCUT2D eigenvalue weighted by molar-refractivity contribution is 0.116. The molecule has 2 nitrogen and oxygen atoms in total. The average molecular weight is 221 g/mol. The van der Waals surface area contributed by atoms with Crippen molar-refractivity contribution in [3.05, 3.63) is 35.4 Å². The van der Waals surface area contributed by atoms with Gasteiger partial charge in [0.25, 0.3) is 0 Å². The molecule has 0 spiro atoms. The monoisotopic (exact) mass is 221 g/mol. The summed E-state index contributed by atoms with van der Waals surface area (Å²) in [5, 5.41) is 10.1. The first-order chi connectivity index (χ1) is 7.67. The van der Waals surface area contributed by atoms with Gasteiger partial charge in [-0.15, -0.1) is 0 Å². The highest BCUT2D eigenvalue weighted by atomic mass is 16.3. The van der Waals surface area contributed by atoms with Crippen LogP contribution in [0.1, 0.15) is 37.5 Å². The first-order valence-corrected chi connectivity index (χ1v) is 6.14. The fourth-order valence-corrected chi connectivity index (χ4v) is 1.92. The molecule has 16 heavy (non-hydrogen) atoms. The third-order valence-corrected chi connectivity index (χ3v) is 2.85. The van der Waals surface area contributed by atoms with Gasteiger partial charge in [-0.05, 0) is 32.0 Å². The lowest BCUT2D eigenvalue weighted by Gasteiger charge is -2.23. The van der Waals surface area contributed by atoms with Gasteiger partial charge in [0, 0.05) is 6.54 Å². The van der Waals surface area contributed by atoms with E-state index in [1.54, 1.807) is 0 Å². The second-order valence-electron chi connectivity index (χ2n) is 4.32. The SMILES string of the molecule is CCCN(CC)CC(O)c1cccc(C)c1. The van der Waals surface area contributed by atoms with Crippen LogP contribution in [0.5, 0.6) is 0 Å².